The van der Waals surface area contributed by atoms with E-state index in [1.807, 2.05) is 30.3 Å². The van der Waals surface area contributed by atoms with Gasteiger partial charge in [-0.2, -0.15) is 0 Å². The van der Waals surface area contributed by atoms with Gasteiger partial charge in [-0.1, -0.05) is 41.6 Å². The quantitative estimate of drug-likeness (QED) is 0.499. The summed E-state index contributed by atoms with van der Waals surface area (Å²) in [6.07, 6.45) is 0. The molecule has 1 aromatic carbocycles. The molecule has 0 saturated carbocycles. The van der Waals surface area contributed by atoms with E-state index >= 15 is 0 Å². The fourth-order valence-electron chi connectivity index (χ4n) is 0.659. The minimum absolute atomic E-state index is 0.529. The summed E-state index contributed by atoms with van der Waals surface area (Å²) < 4.78 is 0. The van der Waals surface area contributed by atoms with Crippen LogP contribution in [0.15, 0.2) is 30.3 Å². The van der Waals surface area contributed by atoms with E-state index in [1.54, 1.807) is 0 Å². The van der Waals surface area contributed by atoms with Crippen molar-refractivity contribution in [3.63, 3.8) is 0 Å². The highest BCUT2D eigenvalue weighted by atomic mass is 35.7. The molecule has 1 unspecified atom stereocenters. The molecule has 0 N–H and O–H groups in total. The van der Waals surface area contributed by atoms with E-state index in [0.717, 1.165) is 5.30 Å². The molecule has 1 aromatic rings. The Morgan fingerprint density at radius 3 is 2.30 bits per heavy atom. The van der Waals surface area contributed by atoms with E-state index in [4.69, 9.17) is 22.8 Å². The first-order valence-corrected chi connectivity index (χ1v) is 5.85. The molecule has 0 aliphatic heterocycles. The van der Waals surface area contributed by atoms with Crippen molar-refractivity contribution in [2.75, 3.05) is 5.62 Å². The fraction of sp³-hybridized carbons (Fsp3) is 0.143. The van der Waals surface area contributed by atoms with Gasteiger partial charge in [-0.05, 0) is 5.30 Å². The zero-order valence-electron chi connectivity index (χ0n) is 5.30. The number of hydrogen-bond acceptors (Lipinski definition) is 0. The summed E-state index contributed by atoms with van der Waals surface area (Å²) in [4.78, 5) is 0. The van der Waals surface area contributed by atoms with E-state index in [0.29, 0.717) is 5.62 Å². The van der Waals surface area contributed by atoms with Gasteiger partial charge in [-0.25, -0.2) is 0 Å². The van der Waals surface area contributed by atoms with Gasteiger partial charge in [0.1, 0.15) is 0 Å². The van der Waals surface area contributed by atoms with Crippen LogP contribution in [-0.2, 0) is 0 Å². The summed E-state index contributed by atoms with van der Waals surface area (Å²) in [5.41, 5.74) is 0.529. The average molecular weight is 193 g/mol. The third-order valence-corrected chi connectivity index (χ3v) is 4.24. The minimum atomic E-state index is -0.636. The molecule has 0 aliphatic rings. The van der Waals surface area contributed by atoms with E-state index in [-0.39, 0.29) is 0 Å². The lowest BCUT2D eigenvalue weighted by Gasteiger charge is -2.03. The van der Waals surface area contributed by atoms with E-state index < -0.39 is 7.27 Å². The molecule has 0 spiro atoms. The molecule has 54 valence electrons. The van der Waals surface area contributed by atoms with Crippen LogP contribution in [0.1, 0.15) is 0 Å². The topological polar surface area (TPSA) is 0 Å². The molecule has 0 saturated heterocycles. The summed E-state index contributed by atoms with van der Waals surface area (Å²) in [5.74, 6) is 0. The van der Waals surface area contributed by atoms with Gasteiger partial charge in [0, 0.05) is 7.27 Å². The molecular weight excluding hydrogens is 186 g/mol. The lowest BCUT2D eigenvalue weighted by Crippen LogP contribution is -1.94. The molecular formula is C7H7Cl2P. The zero-order chi connectivity index (χ0) is 7.40. The zero-order valence-corrected chi connectivity index (χ0v) is 7.70. The van der Waals surface area contributed by atoms with Crippen molar-refractivity contribution >= 4 is 35.4 Å². The highest BCUT2D eigenvalue weighted by molar-refractivity contribution is 7.90. The maximum Gasteiger partial charge on any atom is 0.0604 e. The van der Waals surface area contributed by atoms with Crippen LogP contribution < -0.4 is 5.30 Å². The standard InChI is InChI=1S/C7H7Cl2P/c8-6-10(9)7-4-2-1-3-5-7/h1-5H,6H2. The Kier molecular flexibility index (Phi) is 3.48. The van der Waals surface area contributed by atoms with Crippen LogP contribution in [0, 0.1) is 0 Å². The van der Waals surface area contributed by atoms with Crippen LogP contribution in [0.2, 0.25) is 0 Å². The molecule has 0 heterocycles. The second-order valence-electron chi connectivity index (χ2n) is 1.82. The first-order valence-electron chi connectivity index (χ1n) is 2.89. The monoisotopic (exact) mass is 192 g/mol. The maximum atomic E-state index is 5.92. The Morgan fingerprint density at radius 1 is 1.20 bits per heavy atom. The fourth-order valence-corrected chi connectivity index (χ4v) is 2.04. The third-order valence-electron chi connectivity index (χ3n) is 1.14. The summed E-state index contributed by atoms with van der Waals surface area (Å²) in [6, 6.07) is 9.92. The number of alkyl halides is 1. The Balaban J connectivity index is 2.75. The van der Waals surface area contributed by atoms with Crippen LogP contribution in [0.5, 0.6) is 0 Å². The molecule has 0 aliphatic carbocycles. The molecule has 0 nitrogen and oxygen atoms in total. The number of hydrogen-bond donors (Lipinski definition) is 0. The van der Waals surface area contributed by atoms with Crippen molar-refractivity contribution in [2.45, 2.75) is 0 Å². The molecule has 10 heavy (non-hydrogen) atoms. The Bertz CT molecular complexity index is 188. The maximum absolute atomic E-state index is 5.92. The van der Waals surface area contributed by atoms with Crippen molar-refractivity contribution in [1.29, 1.82) is 0 Å². The minimum Gasteiger partial charge on any atom is -0.120 e. The van der Waals surface area contributed by atoms with Gasteiger partial charge >= 0.3 is 0 Å². The third kappa shape index (κ3) is 2.12. The lowest BCUT2D eigenvalue weighted by atomic mass is 10.4. The summed E-state index contributed by atoms with van der Waals surface area (Å²) in [6.45, 7) is 0. The smallest absolute Gasteiger partial charge is 0.0604 e. The van der Waals surface area contributed by atoms with Crippen LogP contribution in [0.3, 0.4) is 0 Å². The van der Waals surface area contributed by atoms with E-state index in [2.05, 4.69) is 0 Å². The molecule has 0 bridgehead atoms. The van der Waals surface area contributed by atoms with Crippen molar-refractivity contribution in [3.05, 3.63) is 30.3 Å². The molecule has 1 atom stereocenters. The van der Waals surface area contributed by atoms with Gasteiger partial charge in [0.25, 0.3) is 0 Å². The first-order chi connectivity index (χ1) is 4.84. The average Bonchev–Trinajstić information content (AvgIpc) is 2.05. The predicted molar refractivity (Wildman–Crippen MR) is 49.6 cm³/mol. The van der Waals surface area contributed by atoms with Gasteiger partial charge in [-0.3, -0.25) is 0 Å². The van der Waals surface area contributed by atoms with Gasteiger partial charge in [0.15, 0.2) is 0 Å². The molecule has 1 rings (SSSR count). The summed E-state index contributed by atoms with van der Waals surface area (Å²) >= 11 is 11.5. The number of rotatable bonds is 2. The van der Waals surface area contributed by atoms with Crippen LogP contribution in [0.25, 0.3) is 0 Å². The normalized spacial score (nSPS) is 13.0. The summed E-state index contributed by atoms with van der Waals surface area (Å²) in [5, 5.41) is 1.15. The molecule has 0 aromatic heterocycles. The molecule has 0 radical (unpaired) electrons. The van der Waals surface area contributed by atoms with Gasteiger partial charge in [0.05, 0.1) is 5.62 Å². The predicted octanol–water partition coefficient (Wildman–Crippen LogP) is 3.14. The van der Waals surface area contributed by atoms with Gasteiger partial charge < -0.3 is 0 Å². The van der Waals surface area contributed by atoms with Crippen LogP contribution >= 0.6 is 30.1 Å². The molecule has 0 fully saturated rings. The largest absolute Gasteiger partial charge is 0.120 e. The lowest BCUT2D eigenvalue weighted by molar-refractivity contribution is 1.77. The SMILES string of the molecule is ClCP(Cl)c1ccccc1. The Hall–Kier alpha value is 0.230. The van der Waals surface area contributed by atoms with E-state index in [1.165, 1.54) is 0 Å². The number of benzene rings is 1. The van der Waals surface area contributed by atoms with Crippen LogP contribution in [-0.4, -0.2) is 5.62 Å². The van der Waals surface area contributed by atoms with Crippen molar-refractivity contribution < 1.29 is 0 Å². The van der Waals surface area contributed by atoms with Crippen LogP contribution in [0.4, 0.5) is 0 Å². The molecule has 0 amide bonds. The number of halogens is 2. The van der Waals surface area contributed by atoms with Crippen molar-refractivity contribution in [1.82, 2.24) is 0 Å². The Labute approximate surface area is 71.7 Å². The van der Waals surface area contributed by atoms with Crippen molar-refractivity contribution in [3.8, 4) is 0 Å². The van der Waals surface area contributed by atoms with E-state index in [9.17, 15) is 0 Å². The first kappa shape index (κ1) is 8.33. The second-order valence-corrected chi connectivity index (χ2v) is 5.24. The Morgan fingerprint density at radius 2 is 1.80 bits per heavy atom. The van der Waals surface area contributed by atoms with Gasteiger partial charge in [0.2, 0.25) is 0 Å². The summed E-state index contributed by atoms with van der Waals surface area (Å²) in [7, 11) is -0.636. The van der Waals surface area contributed by atoms with Crippen molar-refractivity contribution in [2.24, 2.45) is 0 Å². The highest BCUT2D eigenvalue weighted by Gasteiger charge is 2.02. The molecule has 3 heteroatoms. The highest BCUT2D eigenvalue weighted by Crippen LogP contribution is 2.40. The van der Waals surface area contributed by atoms with Gasteiger partial charge in [-0.15, -0.1) is 11.6 Å². The second kappa shape index (κ2) is 4.18.